The molecule has 21 heavy (non-hydrogen) atoms. The van der Waals surface area contributed by atoms with Gasteiger partial charge >= 0.3 is 6.18 Å². The van der Waals surface area contributed by atoms with E-state index in [9.17, 15) is 22.4 Å². The van der Waals surface area contributed by atoms with E-state index in [1.807, 2.05) is 6.26 Å². The molecule has 0 spiro atoms. The molecule has 0 heterocycles. The number of carbonyl (C=O) groups is 1. The molecule has 7 heteroatoms. The predicted molar refractivity (Wildman–Crippen MR) is 76.0 cm³/mol. The lowest BCUT2D eigenvalue weighted by Gasteiger charge is -2.25. The summed E-state index contributed by atoms with van der Waals surface area (Å²) in [6.07, 6.45) is -2.21. The number of carbonyl (C=O) groups excluding carboxylic acids is 1. The topological polar surface area (TPSA) is 20.3 Å². The molecule has 1 rings (SSSR count). The van der Waals surface area contributed by atoms with Crippen LogP contribution in [0, 0.1) is 5.82 Å². The van der Waals surface area contributed by atoms with Gasteiger partial charge < -0.3 is 4.90 Å². The van der Waals surface area contributed by atoms with E-state index in [-0.39, 0.29) is 6.04 Å². The number of amides is 1. The van der Waals surface area contributed by atoms with Crippen LogP contribution in [0.1, 0.15) is 29.3 Å². The van der Waals surface area contributed by atoms with Gasteiger partial charge in [0.05, 0.1) is 11.1 Å². The van der Waals surface area contributed by atoms with Crippen molar-refractivity contribution in [2.45, 2.75) is 25.6 Å². The summed E-state index contributed by atoms with van der Waals surface area (Å²) in [6.45, 7) is 1.78. The zero-order valence-electron chi connectivity index (χ0n) is 12.0. The summed E-state index contributed by atoms with van der Waals surface area (Å²) in [5.41, 5.74) is -1.97. The second-order valence-corrected chi connectivity index (χ2v) is 5.70. The van der Waals surface area contributed by atoms with E-state index in [2.05, 4.69) is 0 Å². The van der Waals surface area contributed by atoms with Gasteiger partial charge in [-0.05, 0) is 37.5 Å². The fraction of sp³-hybridized carbons (Fsp3) is 0.500. The minimum absolute atomic E-state index is 0.182. The van der Waals surface area contributed by atoms with Crippen molar-refractivity contribution in [2.24, 2.45) is 0 Å². The first kappa shape index (κ1) is 17.8. The number of benzene rings is 1. The standard InChI is InChI=1S/C14H17F4NOS/c1-9(7-8-21-3)19(2)13(20)10-5-4-6-11(12(10)15)14(16,17)18/h4-6,9H,7-8H2,1-3H3. The van der Waals surface area contributed by atoms with Crippen LogP contribution in [0.15, 0.2) is 18.2 Å². The number of nitrogens with zero attached hydrogens (tertiary/aromatic N) is 1. The second-order valence-electron chi connectivity index (χ2n) is 4.71. The third kappa shape index (κ3) is 4.36. The van der Waals surface area contributed by atoms with Gasteiger partial charge in [0.15, 0.2) is 0 Å². The molecule has 0 saturated carbocycles. The van der Waals surface area contributed by atoms with Crippen molar-refractivity contribution in [3.63, 3.8) is 0 Å². The van der Waals surface area contributed by atoms with E-state index in [1.54, 1.807) is 18.7 Å². The highest BCUT2D eigenvalue weighted by Crippen LogP contribution is 2.32. The maximum absolute atomic E-state index is 13.9. The summed E-state index contributed by atoms with van der Waals surface area (Å²) in [4.78, 5) is 13.4. The Labute approximate surface area is 125 Å². The number of alkyl halides is 3. The normalized spacial score (nSPS) is 13.1. The molecule has 0 fully saturated rings. The Morgan fingerprint density at radius 2 is 2.00 bits per heavy atom. The van der Waals surface area contributed by atoms with Crippen molar-refractivity contribution < 1.29 is 22.4 Å². The van der Waals surface area contributed by atoms with Gasteiger partial charge in [0.2, 0.25) is 0 Å². The Kier molecular flexibility index (Phi) is 6.07. The molecule has 0 aromatic heterocycles. The Morgan fingerprint density at radius 1 is 1.38 bits per heavy atom. The average molecular weight is 323 g/mol. The molecule has 0 N–H and O–H groups in total. The minimum atomic E-state index is -4.82. The fourth-order valence-corrected chi connectivity index (χ4v) is 2.37. The molecule has 0 radical (unpaired) electrons. The first-order valence-corrected chi connectivity index (χ1v) is 7.71. The van der Waals surface area contributed by atoms with Crippen molar-refractivity contribution in [1.82, 2.24) is 4.90 Å². The summed E-state index contributed by atoms with van der Waals surface area (Å²) in [5, 5.41) is 0. The molecule has 1 aromatic rings. The number of hydrogen-bond donors (Lipinski definition) is 0. The zero-order chi connectivity index (χ0) is 16.2. The van der Waals surface area contributed by atoms with Crippen LogP contribution in [-0.2, 0) is 6.18 Å². The smallest absolute Gasteiger partial charge is 0.339 e. The van der Waals surface area contributed by atoms with E-state index in [0.717, 1.165) is 17.9 Å². The maximum atomic E-state index is 13.9. The zero-order valence-corrected chi connectivity index (χ0v) is 12.8. The van der Waals surface area contributed by atoms with Crippen molar-refractivity contribution in [2.75, 3.05) is 19.1 Å². The molecule has 1 atom stereocenters. The Balaban J connectivity index is 3.03. The molecule has 0 aliphatic heterocycles. The van der Waals surface area contributed by atoms with E-state index in [0.29, 0.717) is 12.5 Å². The minimum Gasteiger partial charge on any atom is -0.339 e. The van der Waals surface area contributed by atoms with Crippen LogP contribution >= 0.6 is 11.8 Å². The highest BCUT2D eigenvalue weighted by molar-refractivity contribution is 7.98. The molecule has 1 aromatic carbocycles. The summed E-state index contributed by atoms with van der Waals surface area (Å²) >= 11 is 1.60. The Hall–Kier alpha value is -1.24. The largest absolute Gasteiger partial charge is 0.419 e. The van der Waals surface area contributed by atoms with Crippen LogP contribution < -0.4 is 0 Å². The lowest BCUT2D eigenvalue weighted by Crippen LogP contribution is -2.36. The molecule has 0 aliphatic rings. The first-order chi connectivity index (χ1) is 9.70. The van der Waals surface area contributed by atoms with Gasteiger partial charge in [-0.1, -0.05) is 6.07 Å². The molecule has 1 amide bonds. The van der Waals surface area contributed by atoms with Gasteiger partial charge in [-0.15, -0.1) is 0 Å². The molecular weight excluding hydrogens is 306 g/mol. The van der Waals surface area contributed by atoms with Gasteiger partial charge in [-0.2, -0.15) is 24.9 Å². The highest BCUT2D eigenvalue weighted by atomic mass is 32.2. The van der Waals surface area contributed by atoms with Crippen LogP contribution in [0.2, 0.25) is 0 Å². The number of hydrogen-bond acceptors (Lipinski definition) is 2. The summed E-state index contributed by atoms with van der Waals surface area (Å²) in [6, 6.07) is 2.56. The lowest BCUT2D eigenvalue weighted by molar-refractivity contribution is -0.140. The summed E-state index contributed by atoms with van der Waals surface area (Å²) in [5.74, 6) is -1.45. The summed E-state index contributed by atoms with van der Waals surface area (Å²) in [7, 11) is 1.47. The van der Waals surface area contributed by atoms with Gasteiger partial charge in [0.1, 0.15) is 5.82 Å². The van der Waals surface area contributed by atoms with Crippen LogP contribution in [0.3, 0.4) is 0 Å². The number of rotatable bonds is 5. The van der Waals surface area contributed by atoms with Crippen molar-refractivity contribution in [3.05, 3.63) is 35.1 Å². The molecule has 2 nitrogen and oxygen atoms in total. The van der Waals surface area contributed by atoms with E-state index in [1.165, 1.54) is 11.9 Å². The fourth-order valence-electron chi connectivity index (χ4n) is 1.79. The molecule has 0 bridgehead atoms. The van der Waals surface area contributed by atoms with E-state index >= 15 is 0 Å². The average Bonchev–Trinajstić information content (AvgIpc) is 2.42. The number of thioether (sulfide) groups is 1. The maximum Gasteiger partial charge on any atom is 0.419 e. The molecule has 1 unspecified atom stereocenters. The number of halogens is 4. The van der Waals surface area contributed by atoms with E-state index in [4.69, 9.17) is 0 Å². The predicted octanol–water partition coefficient (Wildman–Crippen LogP) is 4.06. The monoisotopic (exact) mass is 323 g/mol. The molecule has 0 aliphatic carbocycles. The van der Waals surface area contributed by atoms with Crippen LogP contribution in [0.5, 0.6) is 0 Å². The first-order valence-electron chi connectivity index (χ1n) is 6.32. The van der Waals surface area contributed by atoms with Crippen molar-refractivity contribution >= 4 is 17.7 Å². The van der Waals surface area contributed by atoms with Crippen LogP contribution in [0.4, 0.5) is 17.6 Å². The third-order valence-corrected chi connectivity index (χ3v) is 3.90. The Morgan fingerprint density at radius 3 is 2.52 bits per heavy atom. The van der Waals surface area contributed by atoms with Crippen molar-refractivity contribution in [3.8, 4) is 0 Å². The van der Waals surface area contributed by atoms with Gasteiger partial charge in [0, 0.05) is 13.1 Å². The highest BCUT2D eigenvalue weighted by Gasteiger charge is 2.36. The lowest BCUT2D eigenvalue weighted by atomic mass is 10.1. The third-order valence-electron chi connectivity index (χ3n) is 3.26. The second kappa shape index (κ2) is 7.15. The molecular formula is C14H17F4NOS. The Bertz CT molecular complexity index is 504. The SMILES string of the molecule is CSCCC(C)N(C)C(=O)c1cccc(C(F)(F)F)c1F. The van der Waals surface area contributed by atoms with Gasteiger partial charge in [-0.25, -0.2) is 4.39 Å². The van der Waals surface area contributed by atoms with Crippen LogP contribution in [0.25, 0.3) is 0 Å². The molecule has 0 saturated heterocycles. The molecule has 118 valence electrons. The van der Waals surface area contributed by atoms with E-state index < -0.39 is 29.0 Å². The van der Waals surface area contributed by atoms with Crippen LogP contribution in [-0.4, -0.2) is 35.9 Å². The van der Waals surface area contributed by atoms with Crippen molar-refractivity contribution in [1.29, 1.82) is 0 Å². The summed E-state index contributed by atoms with van der Waals surface area (Å²) < 4.78 is 51.9. The van der Waals surface area contributed by atoms with Gasteiger partial charge in [-0.3, -0.25) is 4.79 Å². The van der Waals surface area contributed by atoms with Gasteiger partial charge in [0.25, 0.3) is 5.91 Å². The quantitative estimate of drug-likeness (QED) is 0.762.